The number of anilines is 1. The molecular formula is C18H16FN3. The fourth-order valence-electron chi connectivity index (χ4n) is 2.28. The summed E-state index contributed by atoms with van der Waals surface area (Å²) in [6.07, 6.45) is 3.69. The maximum Gasteiger partial charge on any atom is 0.133 e. The molecule has 0 spiro atoms. The molecule has 0 unspecified atom stereocenters. The lowest BCUT2D eigenvalue weighted by atomic mass is 10.1. The van der Waals surface area contributed by atoms with Gasteiger partial charge in [-0.1, -0.05) is 48.5 Å². The van der Waals surface area contributed by atoms with Crippen LogP contribution in [0.5, 0.6) is 0 Å². The van der Waals surface area contributed by atoms with Gasteiger partial charge in [0.1, 0.15) is 18.0 Å². The molecule has 0 amide bonds. The van der Waals surface area contributed by atoms with Gasteiger partial charge < -0.3 is 5.32 Å². The van der Waals surface area contributed by atoms with Gasteiger partial charge in [-0.05, 0) is 17.2 Å². The highest BCUT2D eigenvalue weighted by atomic mass is 19.1. The highest BCUT2D eigenvalue weighted by Crippen LogP contribution is 2.18. The standard InChI is InChI=1S/C18H16FN3/c19-17-9-5-4-8-15(17)10-16-12-20-13-22-18(16)21-11-14-6-2-1-3-7-14/h1-9,12-13H,10-11H2,(H,20,21,22). The third-order valence-electron chi connectivity index (χ3n) is 3.43. The lowest BCUT2D eigenvalue weighted by molar-refractivity contribution is 0.614. The van der Waals surface area contributed by atoms with Crippen LogP contribution in [0.15, 0.2) is 67.1 Å². The zero-order valence-electron chi connectivity index (χ0n) is 12.0. The monoisotopic (exact) mass is 293 g/mol. The molecule has 0 bridgehead atoms. The Morgan fingerprint density at radius 2 is 1.68 bits per heavy atom. The summed E-state index contributed by atoms with van der Waals surface area (Å²) in [5, 5.41) is 3.30. The van der Waals surface area contributed by atoms with Crippen molar-refractivity contribution in [1.82, 2.24) is 9.97 Å². The van der Waals surface area contributed by atoms with E-state index in [1.54, 1.807) is 18.3 Å². The van der Waals surface area contributed by atoms with E-state index in [0.29, 0.717) is 18.5 Å². The first-order valence-electron chi connectivity index (χ1n) is 7.13. The van der Waals surface area contributed by atoms with Crippen LogP contribution in [0.2, 0.25) is 0 Å². The number of nitrogens with one attached hydrogen (secondary N) is 1. The lowest BCUT2D eigenvalue weighted by Gasteiger charge is -2.11. The predicted octanol–water partition coefficient (Wildman–Crippen LogP) is 3.82. The number of benzene rings is 2. The lowest BCUT2D eigenvalue weighted by Crippen LogP contribution is -2.06. The highest BCUT2D eigenvalue weighted by molar-refractivity contribution is 5.45. The van der Waals surface area contributed by atoms with E-state index in [4.69, 9.17) is 0 Å². The third kappa shape index (κ3) is 3.47. The Balaban J connectivity index is 1.77. The molecule has 0 atom stereocenters. The van der Waals surface area contributed by atoms with E-state index in [2.05, 4.69) is 15.3 Å². The van der Waals surface area contributed by atoms with Gasteiger partial charge in [-0.2, -0.15) is 0 Å². The van der Waals surface area contributed by atoms with Gasteiger partial charge >= 0.3 is 0 Å². The van der Waals surface area contributed by atoms with Crippen LogP contribution in [-0.4, -0.2) is 9.97 Å². The zero-order valence-corrected chi connectivity index (χ0v) is 12.0. The number of halogens is 1. The Kier molecular flexibility index (Phi) is 4.39. The average molecular weight is 293 g/mol. The van der Waals surface area contributed by atoms with Crippen LogP contribution in [0, 0.1) is 5.82 Å². The molecule has 0 saturated carbocycles. The van der Waals surface area contributed by atoms with E-state index in [1.807, 2.05) is 36.4 Å². The number of hydrogen-bond donors (Lipinski definition) is 1. The van der Waals surface area contributed by atoms with Crippen LogP contribution in [-0.2, 0) is 13.0 Å². The molecule has 0 aliphatic rings. The van der Waals surface area contributed by atoms with Gasteiger partial charge in [0.05, 0.1) is 0 Å². The largest absolute Gasteiger partial charge is 0.366 e. The van der Waals surface area contributed by atoms with E-state index in [0.717, 1.165) is 16.9 Å². The van der Waals surface area contributed by atoms with Gasteiger partial charge in [-0.3, -0.25) is 0 Å². The molecule has 3 aromatic rings. The van der Waals surface area contributed by atoms with Crippen molar-refractivity contribution >= 4 is 5.82 Å². The third-order valence-corrected chi connectivity index (χ3v) is 3.43. The first kappa shape index (κ1) is 14.2. The molecule has 0 saturated heterocycles. The Morgan fingerprint density at radius 1 is 0.909 bits per heavy atom. The molecule has 110 valence electrons. The molecule has 22 heavy (non-hydrogen) atoms. The molecule has 0 fully saturated rings. The fourth-order valence-corrected chi connectivity index (χ4v) is 2.28. The molecule has 0 aliphatic carbocycles. The van der Waals surface area contributed by atoms with Gasteiger partial charge in [0, 0.05) is 24.7 Å². The van der Waals surface area contributed by atoms with Crippen molar-refractivity contribution in [2.45, 2.75) is 13.0 Å². The number of nitrogens with zero attached hydrogens (tertiary/aromatic N) is 2. The Hall–Kier alpha value is -2.75. The minimum Gasteiger partial charge on any atom is -0.366 e. The summed E-state index contributed by atoms with van der Waals surface area (Å²) in [5.74, 6) is 0.530. The van der Waals surface area contributed by atoms with Crippen molar-refractivity contribution in [3.05, 3.63) is 89.6 Å². The van der Waals surface area contributed by atoms with Crippen LogP contribution in [0.25, 0.3) is 0 Å². The summed E-state index contributed by atoms with van der Waals surface area (Å²) < 4.78 is 13.8. The fraction of sp³-hybridized carbons (Fsp3) is 0.111. The maximum atomic E-state index is 13.8. The molecule has 2 aromatic carbocycles. The number of rotatable bonds is 5. The van der Waals surface area contributed by atoms with Gasteiger partial charge in [0.25, 0.3) is 0 Å². The smallest absolute Gasteiger partial charge is 0.133 e. The predicted molar refractivity (Wildman–Crippen MR) is 85.0 cm³/mol. The van der Waals surface area contributed by atoms with Gasteiger partial charge in [-0.15, -0.1) is 0 Å². The molecular weight excluding hydrogens is 277 g/mol. The molecule has 0 aliphatic heterocycles. The summed E-state index contributed by atoms with van der Waals surface area (Å²) in [6, 6.07) is 16.8. The second kappa shape index (κ2) is 6.80. The van der Waals surface area contributed by atoms with Gasteiger partial charge in [0.15, 0.2) is 0 Å². The molecule has 1 N–H and O–H groups in total. The van der Waals surface area contributed by atoms with Crippen LogP contribution < -0.4 is 5.32 Å². The molecule has 1 heterocycles. The average Bonchev–Trinajstić information content (AvgIpc) is 2.57. The molecule has 4 heteroatoms. The van der Waals surface area contributed by atoms with E-state index < -0.39 is 0 Å². The molecule has 0 radical (unpaired) electrons. The summed E-state index contributed by atoms with van der Waals surface area (Å²) >= 11 is 0. The SMILES string of the molecule is Fc1ccccc1Cc1cncnc1NCc1ccccc1. The molecule has 1 aromatic heterocycles. The minimum atomic E-state index is -0.208. The molecule has 3 rings (SSSR count). The summed E-state index contributed by atoms with van der Waals surface area (Å²) in [7, 11) is 0. The summed E-state index contributed by atoms with van der Waals surface area (Å²) in [5.41, 5.74) is 2.68. The highest BCUT2D eigenvalue weighted by Gasteiger charge is 2.08. The summed E-state index contributed by atoms with van der Waals surface area (Å²) in [6.45, 7) is 0.669. The maximum absolute atomic E-state index is 13.8. The second-order valence-electron chi connectivity index (χ2n) is 5.00. The second-order valence-corrected chi connectivity index (χ2v) is 5.00. The topological polar surface area (TPSA) is 37.8 Å². The van der Waals surface area contributed by atoms with Crippen LogP contribution in [0.4, 0.5) is 10.2 Å². The minimum absolute atomic E-state index is 0.208. The van der Waals surface area contributed by atoms with E-state index in [1.165, 1.54) is 12.4 Å². The normalized spacial score (nSPS) is 10.4. The van der Waals surface area contributed by atoms with Crippen molar-refractivity contribution in [3.8, 4) is 0 Å². The van der Waals surface area contributed by atoms with Crippen molar-refractivity contribution in [3.63, 3.8) is 0 Å². The van der Waals surface area contributed by atoms with Crippen molar-refractivity contribution in [2.75, 3.05) is 5.32 Å². The van der Waals surface area contributed by atoms with Crippen molar-refractivity contribution in [2.24, 2.45) is 0 Å². The Labute approximate surface area is 128 Å². The first-order chi connectivity index (χ1) is 10.8. The quantitative estimate of drug-likeness (QED) is 0.777. The van der Waals surface area contributed by atoms with E-state index >= 15 is 0 Å². The zero-order chi connectivity index (χ0) is 15.2. The Morgan fingerprint density at radius 3 is 2.50 bits per heavy atom. The van der Waals surface area contributed by atoms with Gasteiger partial charge in [0.2, 0.25) is 0 Å². The van der Waals surface area contributed by atoms with E-state index in [-0.39, 0.29) is 5.82 Å². The van der Waals surface area contributed by atoms with Crippen molar-refractivity contribution in [1.29, 1.82) is 0 Å². The first-order valence-corrected chi connectivity index (χ1v) is 7.13. The van der Waals surface area contributed by atoms with Crippen LogP contribution in [0.3, 0.4) is 0 Å². The van der Waals surface area contributed by atoms with Crippen LogP contribution in [0.1, 0.15) is 16.7 Å². The van der Waals surface area contributed by atoms with Crippen LogP contribution >= 0.6 is 0 Å². The molecule has 3 nitrogen and oxygen atoms in total. The van der Waals surface area contributed by atoms with Gasteiger partial charge in [-0.25, -0.2) is 14.4 Å². The number of aromatic nitrogens is 2. The van der Waals surface area contributed by atoms with Crippen molar-refractivity contribution < 1.29 is 4.39 Å². The van der Waals surface area contributed by atoms with E-state index in [9.17, 15) is 4.39 Å². The summed E-state index contributed by atoms with van der Waals surface area (Å²) in [4.78, 5) is 8.33. The Bertz CT molecular complexity index is 744. The number of hydrogen-bond acceptors (Lipinski definition) is 3.